The van der Waals surface area contributed by atoms with Crippen LogP contribution in [0.1, 0.15) is 18.9 Å². The topological polar surface area (TPSA) is 49.4 Å². The van der Waals surface area contributed by atoms with E-state index in [1.54, 1.807) is 18.2 Å². The number of carbonyl (C=O) groups excluding carboxylic acids is 2. The predicted molar refractivity (Wildman–Crippen MR) is 97.1 cm³/mol. The fourth-order valence-electron chi connectivity index (χ4n) is 2.51. The van der Waals surface area contributed by atoms with Crippen LogP contribution in [0.3, 0.4) is 0 Å². The highest BCUT2D eigenvalue weighted by Crippen LogP contribution is 2.24. The van der Waals surface area contributed by atoms with Crippen LogP contribution in [-0.2, 0) is 16.0 Å². The molecule has 1 N–H and O–H groups in total. The molecule has 0 aliphatic rings. The maximum absolute atomic E-state index is 13.9. The second-order valence-electron chi connectivity index (χ2n) is 5.85. The zero-order valence-electron chi connectivity index (χ0n) is 14.6. The number of benzene rings is 2. The molecule has 0 unspecified atom stereocenters. The fraction of sp³-hybridized carbons (Fsp3) is 0.263. The highest BCUT2D eigenvalue weighted by Gasteiger charge is 2.21. The van der Waals surface area contributed by atoms with Crippen molar-refractivity contribution in [1.29, 1.82) is 0 Å². The van der Waals surface area contributed by atoms with Gasteiger partial charge in [-0.15, -0.1) is 0 Å². The van der Waals surface area contributed by atoms with Crippen LogP contribution in [0.2, 0.25) is 5.02 Å². The van der Waals surface area contributed by atoms with Gasteiger partial charge in [0.25, 0.3) is 0 Å². The van der Waals surface area contributed by atoms with Crippen LogP contribution < -0.4 is 10.2 Å². The Morgan fingerprint density at radius 2 is 1.85 bits per heavy atom. The highest BCUT2D eigenvalue weighted by atomic mass is 35.5. The van der Waals surface area contributed by atoms with Crippen molar-refractivity contribution in [1.82, 2.24) is 5.32 Å². The van der Waals surface area contributed by atoms with E-state index < -0.39 is 29.0 Å². The first-order chi connectivity index (χ1) is 12.8. The van der Waals surface area contributed by atoms with E-state index in [0.717, 1.165) is 29.5 Å². The van der Waals surface area contributed by atoms with E-state index in [-0.39, 0.29) is 18.9 Å². The van der Waals surface area contributed by atoms with Crippen molar-refractivity contribution >= 4 is 29.1 Å². The van der Waals surface area contributed by atoms with Gasteiger partial charge in [0.2, 0.25) is 11.8 Å². The number of amides is 2. The van der Waals surface area contributed by atoms with Crippen LogP contribution in [0, 0.1) is 17.5 Å². The third kappa shape index (κ3) is 5.72. The lowest BCUT2D eigenvalue weighted by Crippen LogP contribution is -2.35. The Labute approximate surface area is 159 Å². The molecular weight excluding hydrogens is 381 g/mol. The van der Waals surface area contributed by atoms with Gasteiger partial charge in [0.05, 0.1) is 5.69 Å². The standard InChI is InChI=1S/C19H18ClF3N2O2/c1-12(26)25(16-6-5-15(21)18(22)19(16)23)10-8-17(27)24-9-7-13-3-2-4-14(20)11-13/h2-6,11H,7-10H2,1H3,(H,24,27). The smallest absolute Gasteiger partial charge is 0.223 e. The molecule has 0 spiro atoms. The Hall–Kier alpha value is -2.54. The van der Waals surface area contributed by atoms with E-state index in [1.807, 2.05) is 6.07 Å². The van der Waals surface area contributed by atoms with Crippen molar-refractivity contribution in [3.8, 4) is 0 Å². The van der Waals surface area contributed by atoms with Gasteiger partial charge in [0.1, 0.15) is 0 Å². The third-order valence-electron chi connectivity index (χ3n) is 3.87. The second-order valence-corrected chi connectivity index (χ2v) is 6.28. The Morgan fingerprint density at radius 1 is 1.11 bits per heavy atom. The molecule has 2 aromatic carbocycles. The Balaban J connectivity index is 1.91. The minimum Gasteiger partial charge on any atom is -0.356 e. The number of rotatable bonds is 7. The molecular formula is C19H18ClF3N2O2. The average molecular weight is 399 g/mol. The first-order valence-corrected chi connectivity index (χ1v) is 8.60. The van der Waals surface area contributed by atoms with E-state index in [1.165, 1.54) is 0 Å². The summed E-state index contributed by atoms with van der Waals surface area (Å²) < 4.78 is 40.3. The summed E-state index contributed by atoms with van der Waals surface area (Å²) in [5, 5.41) is 3.29. The van der Waals surface area contributed by atoms with Crippen LogP contribution >= 0.6 is 11.6 Å². The van der Waals surface area contributed by atoms with Gasteiger partial charge in [-0.2, -0.15) is 0 Å². The Kier molecular flexibility index (Phi) is 7.24. The van der Waals surface area contributed by atoms with E-state index in [2.05, 4.69) is 5.32 Å². The zero-order valence-corrected chi connectivity index (χ0v) is 15.3. The van der Waals surface area contributed by atoms with Crippen LogP contribution in [0.15, 0.2) is 36.4 Å². The largest absolute Gasteiger partial charge is 0.356 e. The summed E-state index contributed by atoms with van der Waals surface area (Å²) in [6.07, 6.45) is 0.452. The van der Waals surface area contributed by atoms with Crippen molar-refractivity contribution in [3.05, 3.63) is 64.4 Å². The van der Waals surface area contributed by atoms with Gasteiger partial charge in [-0.25, -0.2) is 13.2 Å². The second kappa shape index (κ2) is 9.41. The molecule has 0 aromatic heterocycles. The maximum atomic E-state index is 13.9. The van der Waals surface area contributed by atoms with E-state index in [4.69, 9.17) is 11.6 Å². The van der Waals surface area contributed by atoms with Gasteiger partial charge in [0.15, 0.2) is 17.5 Å². The summed E-state index contributed by atoms with van der Waals surface area (Å²) >= 11 is 5.89. The lowest BCUT2D eigenvalue weighted by Gasteiger charge is -2.21. The van der Waals surface area contributed by atoms with Gasteiger partial charge >= 0.3 is 0 Å². The monoisotopic (exact) mass is 398 g/mol. The number of anilines is 1. The van der Waals surface area contributed by atoms with Crippen LogP contribution in [0.4, 0.5) is 18.9 Å². The van der Waals surface area contributed by atoms with Crippen LogP contribution in [0.25, 0.3) is 0 Å². The molecule has 2 rings (SSSR count). The van der Waals surface area contributed by atoms with E-state index >= 15 is 0 Å². The first-order valence-electron chi connectivity index (χ1n) is 8.22. The van der Waals surface area contributed by atoms with Gasteiger partial charge in [-0.05, 0) is 36.2 Å². The third-order valence-corrected chi connectivity index (χ3v) is 4.11. The Morgan fingerprint density at radius 3 is 2.52 bits per heavy atom. The fourth-order valence-corrected chi connectivity index (χ4v) is 2.73. The molecule has 0 radical (unpaired) electrons. The summed E-state index contributed by atoms with van der Waals surface area (Å²) in [4.78, 5) is 24.6. The molecule has 0 fully saturated rings. The first kappa shape index (κ1) is 20.8. The van der Waals surface area contributed by atoms with Gasteiger partial charge < -0.3 is 10.2 Å². The molecule has 0 saturated heterocycles. The maximum Gasteiger partial charge on any atom is 0.223 e. The SMILES string of the molecule is CC(=O)N(CCC(=O)NCCc1cccc(Cl)c1)c1ccc(F)c(F)c1F. The number of nitrogens with zero attached hydrogens (tertiary/aromatic N) is 1. The van der Waals surface area contributed by atoms with Gasteiger partial charge in [-0.1, -0.05) is 23.7 Å². The van der Waals surface area contributed by atoms with Gasteiger partial charge in [-0.3, -0.25) is 9.59 Å². The van der Waals surface area contributed by atoms with Crippen molar-refractivity contribution < 1.29 is 22.8 Å². The number of nitrogens with one attached hydrogen (secondary N) is 1. The number of carbonyl (C=O) groups is 2. The molecule has 27 heavy (non-hydrogen) atoms. The lowest BCUT2D eigenvalue weighted by molar-refractivity contribution is -0.121. The molecule has 4 nitrogen and oxygen atoms in total. The zero-order chi connectivity index (χ0) is 20.0. The Bertz CT molecular complexity index is 846. The summed E-state index contributed by atoms with van der Waals surface area (Å²) in [6.45, 7) is 1.34. The van der Waals surface area contributed by atoms with E-state index in [0.29, 0.717) is 18.0 Å². The molecule has 0 bridgehead atoms. The quantitative estimate of drug-likeness (QED) is 0.720. The lowest BCUT2D eigenvalue weighted by atomic mass is 10.1. The summed E-state index contributed by atoms with van der Waals surface area (Å²) in [5.74, 6) is -5.42. The van der Waals surface area contributed by atoms with Crippen molar-refractivity contribution in [2.45, 2.75) is 19.8 Å². The van der Waals surface area contributed by atoms with Crippen LogP contribution in [0.5, 0.6) is 0 Å². The molecule has 0 heterocycles. The van der Waals surface area contributed by atoms with E-state index in [9.17, 15) is 22.8 Å². The minimum absolute atomic E-state index is 0.117. The van der Waals surface area contributed by atoms with Crippen LogP contribution in [-0.4, -0.2) is 24.9 Å². The molecule has 2 amide bonds. The predicted octanol–water partition coefficient (Wildman–Crippen LogP) is 3.86. The number of hydrogen-bond acceptors (Lipinski definition) is 2. The molecule has 8 heteroatoms. The number of halogens is 4. The molecule has 144 valence electrons. The van der Waals surface area contributed by atoms with Crippen molar-refractivity contribution in [2.75, 3.05) is 18.0 Å². The summed E-state index contributed by atoms with van der Waals surface area (Å²) in [7, 11) is 0. The molecule has 0 saturated carbocycles. The number of hydrogen-bond donors (Lipinski definition) is 1. The van der Waals surface area contributed by atoms with Crippen molar-refractivity contribution in [3.63, 3.8) is 0 Å². The molecule has 0 aliphatic carbocycles. The minimum atomic E-state index is -1.66. The molecule has 2 aromatic rings. The summed E-state index contributed by atoms with van der Waals surface area (Å²) in [5.41, 5.74) is 0.546. The van der Waals surface area contributed by atoms with Crippen molar-refractivity contribution in [2.24, 2.45) is 0 Å². The summed E-state index contributed by atoms with van der Waals surface area (Å²) in [6, 6.07) is 8.91. The highest BCUT2D eigenvalue weighted by molar-refractivity contribution is 6.30. The molecule has 0 atom stereocenters. The average Bonchev–Trinajstić information content (AvgIpc) is 2.61. The van der Waals surface area contributed by atoms with Gasteiger partial charge in [0, 0.05) is 31.5 Å². The normalized spacial score (nSPS) is 10.6. The molecule has 0 aliphatic heterocycles.